The van der Waals surface area contributed by atoms with E-state index in [2.05, 4.69) is 10.3 Å². The molecule has 0 bridgehead atoms. The Balaban J connectivity index is 2.20. The summed E-state index contributed by atoms with van der Waals surface area (Å²) in [7, 11) is 0. The molecule has 64 valence electrons. The van der Waals surface area contributed by atoms with Crippen molar-refractivity contribution in [2.75, 3.05) is 0 Å². The molecule has 0 saturated heterocycles. The zero-order valence-electron chi connectivity index (χ0n) is 6.40. The number of nitrogens with zero attached hydrogens (tertiary/aromatic N) is 2. The van der Waals surface area contributed by atoms with Gasteiger partial charge >= 0.3 is 5.97 Å². The molecule has 0 fully saturated rings. The van der Waals surface area contributed by atoms with E-state index in [1.807, 2.05) is 4.57 Å². The van der Waals surface area contributed by atoms with Crippen LogP contribution < -0.4 is 5.32 Å². The summed E-state index contributed by atoms with van der Waals surface area (Å²) >= 11 is 0. The van der Waals surface area contributed by atoms with Gasteiger partial charge in [0.1, 0.15) is 6.04 Å². The minimum absolute atomic E-state index is 0.463. The SMILES string of the molecule is O=C(O)C1Cn2cncc2CN1. The van der Waals surface area contributed by atoms with E-state index in [0.29, 0.717) is 13.1 Å². The molecule has 5 nitrogen and oxygen atoms in total. The smallest absolute Gasteiger partial charge is 0.322 e. The molecule has 1 aromatic rings. The fourth-order valence-electron chi connectivity index (χ4n) is 1.31. The van der Waals surface area contributed by atoms with Gasteiger partial charge < -0.3 is 9.67 Å². The highest BCUT2D eigenvalue weighted by molar-refractivity contribution is 5.73. The maximum atomic E-state index is 10.6. The number of fused-ring (bicyclic) bond motifs is 1. The molecule has 0 spiro atoms. The fraction of sp³-hybridized carbons (Fsp3) is 0.429. The van der Waals surface area contributed by atoms with Crippen LogP contribution in [0.2, 0.25) is 0 Å². The standard InChI is InChI=1S/C7H9N3O2/c11-7(12)6-3-10-4-8-1-5(10)2-9-6/h1,4,6,9H,2-3H2,(H,11,12). The zero-order valence-corrected chi connectivity index (χ0v) is 6.40. The van der Waals surface area contributed by atoms with Gasteiger partial charge in [-0.3, -0.25) is 10.1 Å². The van der Waals surface area contributed by atoms with Crippen LogP contribution in [0.5, 0.6) is 0 Å². The summed E-state index contributed by atoms with van der Waals surface area (Å²) in [5.41, 5.74) is 1.03. The molecule has 0 aliphatic carbocycles. The van der Waals surface area contributed by atoms with Crippen LogP contribution >= 0.6 is 0 Å². The van der Waals surface area contributed by atoms with Crippen molar-refractivity contribution in [1.29, 1.82) is 0 Å². The first-order valence-corrected chi connectivity index (χ1v) is 3.72. The Morgan fingerprint density at radius 2 is 2.67 bits per heavy atom. The van der Waals surface area contributed by atoms with Crippen molar-refractivity contribution in [1.82, 2.24) is 14.9 Å². The van der Waals surface area contributed by atoms with Gasteiger partial charge in [-0.2, -0.15) is 0 Å². The van der Waals surface area contributed by atoms with Gasteiger partial charge in [0.15, 0.2) is 0 Å². The molecule has 1 unspecified atom stereocenters. The van der Waals surface area contributed by atoms with Crippen LogP contribution in [0, 0.1) is 0 Å². The molecule has 1 aromatic heterocycles. The molecular weight excluding hydrogens is 158 g/mol. The number of imidazole rings is 1. The van der Waals surface area contributed by atoms with E-state index < -0.39 is 12.0 Å². The van der Waals surface area contributed by atoms with Crippen LogP contribution in [-0.2, 0) is 17.9 Å². The average molecular weight is 167 g/mol. The van der Waals surface area contributed by atoms with Crippen LogP contribution in [0.1, 0.15) is 5.69 Å². The molecule has 2 N–H and O–H groups in total. The van der Waals surface area contributed by atoms with Gasteiger partial charge in [0.2, 0.25) is 0 Å². The Labute approximate surface area is 69.0 Å². The lowest BCUT2D eigenvalue weighted by molar-refractivity contribution is -0.140. The van der Waals surface area contributed by atoms with Crippen molar-refractivity contribution >= 4 is 5.97 Å². The van der Waals surface area contributed by atoms with E-state index in [1.165, 1.54) is 0 Å². The topological polar surface area (TPSA) is 67.1 Å². The highest BCUT2D eigenvalue weighted by Crippen LogP contribution is 2.07. The molecule has 1 aliphatic rings. The Kier molecular flexibility index (Phi) is 1.58. The summed E-state index contributed by atoms with van der Waals surface area (Å²) in [5, 5.41) is 11.6. The second kappa shape index (κ2) is 2.60. The first kappa shape index (κ1) is 7.30. The zero-order chi connectivity index (χ0) is 8.55. The predicted molar refractivity (Wildman–Crippen MR) is 40.5 cm³/mol. The van der Waals surface area contributed by atoms with Gasteiger partial charge in [0, 0.05) is 19.3 Å². The molecule has 1 atom stereocenters. The van der Waals surface area contributed by atoms with E-state index in [-0.39, 0.29) is 0 Å². The summed E-state index contributed by atoms with van der Waals surface area (Å²) in [4.78, 5) is 14.5. The minimum atomic E-state index is -0.811. The Morgan fingerprint density at radius 1 is 1.83 bits per heavy atom. The summed E-state index contributed by atoms with van der Waals surface area (Å²) in [6, 6.07) is -0.480. The normalized spacial score (nSPS) is 21.8. The van der Waals surface area contributed by atoms with Crippen molar-refractivity contribution in [3.8, 4) is 0 Å². The van der Waals surface area contributed by atoms with Crippen LogP contribution in [0.15, 0.2) is 12.5 Å². The van der Waals surface area contributed by atoms with Crippen molar-refractivity contribution in [2.24, 2.45) is 0 Å². The molecule has 2 rings (SSSR count). The van der Waals surface area contributed by atoms with Crippen LogP contribution in [0.3, 0.4) is 0 Å². The molecular formula is C7H9N3O2. The molecule has 12 heavy (non-hydrogen) atoms. The number of aliphatic carboxylic acids is 1. The van der Waals surface area contributed by atoms with E-state index >= 15 is 0 Å². The average Bonchev–Trinajstić information content (AvgIpc) is 2.49. The largest absolute Gasteiger partial charge is 0.480 e. The number of hydrogen-bond donors (Lipinski definition) is 2. The van der Waals surface area contributed by atoms with Gasteiger partial charge in [-0.15, -0.1) is 0 Å². The number of nitrogens with one attached hydrogen (secondary N) is 1. The van der Waals surface area contributed by atoms with Gasteiger partial charge in [-0.05, 0) is 0 Å². The Morgan fingerprint density at radius 3 is 3.42 bits per heavy atom. The maximum absolute atomic E-state index is 10.6. The van der Waals surface area contributed by atoms with Gasteiger partial charge in [0.05, 0.1) is 12.0 Å². The van der Waals surface area contributed by atoms with Crippen molar-refractivity contribution < 1.29 is 9.90 Å². The van der Waals surface area contributed by atoms with Crippen LogP contribution in [0.4, 0.5) is 0 Å². The molecule has 0 aromatic carbocycles. The van der Waals surface area contributed by atoms with Gasteiger partial charge in [-0.25, -0.2) is 4.98 Å². The van der Waals surface area contributed by atoms with Crippen molar-refractivity contribution in [2.45, 2.75) is 19.1 Å². The van der Waals surface area contributed by atoms with Gasteiger partial charge in [0.25, 0.3) is 0 Å². The lowest BCUT2D eigenvalue weighted by Crippen LogP contribution is -2.43. The number of carbonyl (C=O) groups is 1. The third-order valence-electron chi connectivity index (χ3n) is 2.01. The minimum Gasteiger partial charge on any atom is -0.480 e. The van der Waals surface area contributed by atoms with Crippen molar-refractivity contribution in [3.05, 3.63) is 18.2 Å². The molecule has 0 radical (unpaired) electrons. The second-order valence-corrected chi connectivity index (χ2v) is 2.81. The molecule has 0 amide bonds. The quantitative estimate of drug-likeness (QED) is 0.588. The number of aromatic nitrogens is 2. The van der Waals surface area contributed by atoms with Crippen LogP contribution in [-0.4, -0.2) is 26.7 Å². The van der Waals surface area contributed by atoms with E-state index in [9.17, 15) is 4.79 Å². The van der Waals surface area contributed by atoms with E-state index in [4.69, 9.17) is 5.11 Å². The monoisotopic (exact) mass is 167 g/mol. The number of rotatable bonds is 1. The molecule has 1 aliphatic heterocycles. The van der Waals surface area contributed by atoms with E-state index in [0.717, 1.165) is 5.69 Å². The Bertz CT molecular complexity index is 307. The summed E-state index contributed by atoms with van der Waals surface area (Å²) in [5.74, 6) is -0.811. The highest BCUT2D eigenvalue weighted by Gasteiger charge is 2.22. The third kappa shape index (κ3) is 1.08. The molecule has 5 heteroatoms. The highest BCUT2D eigenvalue weighted by atomic mass is 16.4. The second-order valence-electron chi connectivity index (χ2n) is 2.81. The third-order valence-corrected chi connectivity index (χ3v) is 2.01. The molecule has 2 heterocycles. The predicted octanol–water partition coefficient (Wildman–Crippen LogP) is -0.561. The number of carboxylic acids is 1. The Hall–Kier alpha value is -1.36. The lowest BCUT2D eigenvalue weighted by Gasteiger charge is -2.21. The van der Waals surface area contributed by atoms with E-state index in [1.54, 1.807) is 12.5 Å². The van der Waals surface area contributed by atoms with Gasteiger partial charge in [-0.1, -0.05) is 0 Å². The summed E-state index contributed by atoms with van der Waals surface area (Å²) < 4.78 is 1.86. The fourth-order valence-corrected chi connectivity index (χ4v) is 1.31. The van der Waals surface area contributed by atoms with Crippen LogP contribution in [0.25, 0.3) is 0 Å². The molecule has 0 saturated carbocycles. The summed E-state index contributed by atoms with van der Waals surface area (Å²) in [6.45, 7) is 1.04. The number of carboxylic acid groups (broad SMARTS) is 1. The first-order valence-electron chi connectivity index (χ1n) is 3.72. The lowest BCUT2D eigenvalue weighted by atomic mass is 10.2. The maximum Gasteiger partial charge on any atom is 0.322 e. The summed E-state index contributed by atoms with van der Waals surface area (Å²) in [6.07, 6.45) is 3.40. The first-order chi connectivity index (χ1) is 5.77. The van der Waals surface area contributed by atoms with Crippen molar-refractivity contribution in [3.63, 3.8) is 0 Å². The number of hydrogen-bond acceptors (Lipinski definition) is 3.